The summed E-state index contributed by atoms with van der Waals surface area (Å²) in [5, 5.41) is 5.65. The van der Waals surface area contributed by atoms with E-state index >= 15 is 0 Å². The molecule has 2 rings (SSSR count). The van der Waals surface area contributed by atoms with Crippen molar-refractivity contribution < 1.29 is 19.1 Å². The summed E-state index contributed by atoms with van der Waals surface area (Å²) < 4.78 is 4.83. The van der Waals surface area contributed by atoms with Gasteiger partial charge in [-0.15, -0.1) is 0 Å². The zero-order chi connectivity index (χ0) is 19.5. The minimum Gasteiger partial charge on any atom is -0.466 e. The van der Waals surface area contributed by atoms with Gasteiger partial charge in [-0.05, 0) is 44.2 Å². The number of nitrogens with one attached hydrogen (secondary N) is 2. The topological polar surface area (TPSA) is 87.7 Å². The maximum atomic E-state index is 12.1. The number of rotatable bonds is 8. The molecule has 0 spiro atoms. The highest BCUT2D eigenvalue weighted by molar-refractivity contribution is 5.90. The van der Waals surface area contributed by atoms with Crippen molar-refractivity contribution in [2.75, 3.05) is 31.6 Å². The lowest BCUT2D eigenvalue weighted by atomic mass is 9.92. The summed E-state index contributed by atoms with van der Waals surface area (Å²) in [6, 6.07) is 9.30. The number of anilines is 1. The van der Waals surface area contributed by atoms with E-state index in [2.05, 4.69) is 10.6 Å². The van der Waals surface area contributed by atoms with Crippen molar-refractivity contribution in [2.24, 2.45) is 5.92 Å². The molecule has 0 saturated carbocycles. The van der Waals surface area contributed by atoms with Crippen LogP contribution in [0.4, 0.5) is 10.5 Å². The van der Waals surface area contributed by atoms with Gasteiger partial charge in [0.25, 0.3) is 0 Å². The maximum absolute atomic E-state index is 12.1. The van der Waals surface area contributed by atoms with Gasteiger partial charge in [-0.1, -0.05) is 18.2 Å². The van der Waals surface area contributed by atoms with Crippen molar-refractivity contribution in [2.45, 2.75) is 39.0 Å². The molecule has 27 heavy (non-hydrogen) atoms. The Labute approximate surface area is 160 Å². The average Bonchev–Trinajstić information content (AvgIpc) is 2.68. The fourth-order valence-corrected chi connectivity index (χ4v) is 3.12. The van der Waals surface area contributed by atoms with E-state index in [4.69, 9.17) is 4.74 Å². The van der Waals surface area contributed by atoms with E-state index in [-0.39, 0.29) is 30.9 Å². The smallest absolute Gasteiger partial charge is 0.317 e. The Bertz CT molecular complexity index is 613. The van der Waals surface area contributed by atoms with Crippen LogP contribution in [-0.4, -0.2) is 49.0 Å². The van der Waals surface area contributed by atoms with Gasteiger partial charge in [-0.3, -0.25) is 9.59 Å². The summed E-state index contributed by atoms with van der Waals surface area (Å²) in [6.45, 7) is 3.75. The summed E-state index contributed by atoms with van der Waals surface area (Å²) in [7, 11) is 0. The van der Waals surface area contributed by atoms with Crippen LogP contribution in [0, 0.1) is 5.92 Å². The van der Waals surface area contributed by atoms with Crippen LogP contribution in [0.2, 0.25) is 0 Å². The SMILES string of the molecule is CCOC(=O)CCNC(=O)N1CCC(CCC(=O)Nc2ccccc2)CC1. The maximum Gasteiger partial charge on any atom is 0.317 e. The van der Waals surface area contributed by atoms with Gasteiger partial charge in [0, 0.05) is 31.7 Å². The molecule has 1 aliphatic heterocycles. The lowest BCUT2D eigenvalue weighted by molar-refractivity contribution is -0.142. The van der Waals surface area contributed by atoms with Gasteiger partial charge in [0.05, 0.1) is 13.0 Å². The van der Waals surface area contributed by atoms with Gasteiger partial charge >= 0.3 is 12.0 Å². The number of likely N-dealkylation sites (tertiary alicyclic amines) is 1. The van der Waals surface area contributed by atoms with E-state index in [1.165, 1.54) is 0 Å². The number of carbonyl (C=O) groups is 3. The minimum absolute atomic E-state index is 0.0281. The Morgan fingerprint density at radius 3 is 2.48 bits per heavy atom. The largest absolute Gasteiger partial charge is 0.466 e. The molecule has 1 heterocycles. The molecule has 1 saturated heterocycles. The van der Waals surface area contributed by atoms with Crippen LogP contribution in [0.1, 0.15) is 39.0 Å². The lowest BCUT2D eigenvalue weighted by Crippen LogP contribution is -2.45. The highest BCUT2D eigenvalue weighted by Crippen LogP contribution is 2.22. The number of para-hydroxylation sites is 1. The average molecular weight is 375 g/mol. The van der Waals surface area contributed by atoms with Crippen LogP contribution in [0.5, 0.6) is 0 Å². The van der Waals surface area contributed by atoms with Gasteiger partial charge < -0.3 is 20.3 Å². The van der Waals surface area contributed by atoms with E-state index in [1.807, 2.05) is 30.3 Å². The molecule has 0 aliphatic carbocycles. The molecule has 7 nitrogen and oxygen atoms in total. The highest BCUT2D eigenvalue weighted by atomic mass is 16.5. The Hall–Kier alpha value is -2.57. The van der Waals surface area contributed by atoms with Gasteiger partial charge in [-0.25, -0.2) is 4.79 Å². The molecule has 1 aliphatic rings. The zero-order valence-electron chi connectivity index (χ0n) is 15.9. The second-order valence-electron chi connectivity index (χ2n) is 6.67. The standard InChI is InChI=1S/C20H29N3O4/c1-2-27-19(25)10-13-21-20(26)23-14-11-16(12-15-23)8-9-18(24)22-17-6-4-3-5-7-17/h3-7,16H,2,8-15H2,1H3,(H,21,26)(H,22,24). The quantitative estimate of drug-likeness (QED) is 0.684. The molecule has 148 valence electrons. The number of ether oxygens (including phenoxy) is 1. The van der Waals surface area contributed by atoms with Gasteiger partial charge in [0.2, 0.25) is 5.91 Å². The molecule has 3 amide bonds. The van der Waals surface area contributed by atoms with E-state index in [1.54, 1.807) is 11.8 Å². The minimum atomic E-state index is -0.301. The van der Waals surface area contributed by atoms with Gasteiger partial charge in [0.1, 0.15) is 0 Å². The third-order valence-electron chi connectivity index (χ3n) is 4.65. The van der Waals surface area contributed by atoms with Crippen LogP contribution in [0.15, 0.2) is 30.3 Å². The molecular weight excluding hydrogens is 346 g/mol. The van der Waals surface area contributed by atoms with Crippen molar-refractivity contribution in [1.82, 2.24) is 10.2 Å². The van der Waals surface area contributed by atoms with Crippen LogP contribution in [0.3, 0.4) is 0 Å². The first kappa shape index (κ1) is 20.7. The third-order valence-corrected chi connectivity index (χ3v) is 4.65. The molecule has 1 fully saturated rings. The van der Waals surface area contributed by atoms with Gasteiger partial charge in [0.15, 0.2) is 0 Å². The summed E-state index contributed by atoms with van der Waals surface area (Å²) >= 11 is 0. The fourth-order valence-electron chi connectivity index (χ4n) is 3.12. The molecule has 1 aromatic carbocycles. The summed E-state index contributed by atoms with van der Waals surface area (Å²) in [5.41, 5.74) is 0.816. The van der Waals surface area contributed by atoms with Crippen molar-refractivity contribution in [3.63, 3.8) is 0 Å². The molecule has 0 radical (unpaired) electrons. The van der Waals surface area contributed by atoms with Crippen LogP contribution in [-0.2, 0) is 14.3 Å². The number of esters is 1. The Morgan fingerprint density at radius 1 is 1.11 bits per heavy atom. The molecule has 0 unspecified atom stereocenters. The molecular formula is C20H29N3O4. The Kier molecular flexibility index (Phi) is 8.61. The number of benzene rings is 1. The second kappa shape index (κ2) is 11.2. The Balaban J connectivity index is 1.60. The monoisotopic (exact) mass is 375 g/mol. The summed E-state index contributed by atoms with van der Waals surface area (Å²) in [6.07, 6.45) is 3.29. The number of urea groups is 1. The molecule has 0 bridgehead atoms. The van der Waals surface area contributed by atoms with Crippen LogP contribution < -0.4 is 10.6 Å². The number of amides is 3. The normalized spacial score (nSPS) is 14.5. The number of carbonyl (C=O) groups excluding carboxylic acids is 3. The zero-order valence-corrected chi connectivity index (χ0v) is 15.9. The van der Waals surface area contributed by atoms with E-state index in [0.29, 0.717) is 32.0 Å². The molecule has 0 atom stereocenters. The molecule has 7 heteroatoms. The first-order chi connectivity index (χ1) is 13.1. The summed E-state index contributed by atoms with van der Waals surface area (Å²) in [5.74, 6) is 0.181. The van der Waals surface area contributed by atoms with E-state index in [9.17, 15) is 14.4 Å². The predicted molar refractivity (Wildman–Crippen MR) is 103 cm³/mol. The van der Waals surface area contributed by atoms with E-state index < -0.39 is 0 Å². The van der Waals surface area contributed by atoms with E-state index in [0.717, 1.165) is 24.9 Å². The second-order valence-corrected chi connectivity index (χ2v) is 6.67. The highest BCUT2D eigenvalue weighted by Gasteiger charge is 2.23. The molecule has 2 N–H and O–H groups in total. The predicted octanol–water partition coefficient (Wildman–Crippen LogP) is 2.78. The number of piperidine rings is 1. The van der Waals surface area contributed by atoms with Crippen LogP contribution >= 0.6 is 0 Å². The first-order valence-electron chi connectivity index (χ1n) is 9.61. The molecule has 0 aromatic heterocycles. The van der Waals surface area contributed by atoms with Gasteiger partial charge in [-0.2, -0.15) is 0 Å². The number of nitrogens with zero attached hydrogens (tertiary/aromatic N) is 1. The molecule has 1 aromatic rings. The number of hydrogen-bond donors (Lipinski definition) is 2. The lowest BCUT2D eigenvalue weighted by Gasteiger charge is -2.32. The number of hydrogen-bond acceptors (Lipinski definition) is 4. The van der Waals surface area contributed by atoms with Crippen molar-refractivity contribution >= 4 is 23.6 Å². The van der Waals surface area contributed by atoms with Crippen molar-refractivity contribution in [3.8, 4) is 0 Å². The summed E-state index contributed by atoms with van der Waals surface area (Å²) in [4.78, 5) is 37.2. The van der Waals surface area contributed by atoms with Crippen molar-refractivity contribution in [1.29, 1.82) is 0 Å². The Morgan fingerprint density at radius 2 is 1.81 bits per heavy atom. The third kappa shape index (κ3) is 7.68. The van der Waals surface area contributed by atoms with Crippen molar-refractivity contribution in [3.05, 3.63) is 30.3 Å². The first-order valence-corrected chi connectivity index (χ1v) is 9.61. The fraction of sp³-hybridized carbons (Fsp3) is 0.550. The van der Waals surface area contributed by atoms with Crippen LogP contribution in [0.25, 0.3) is 0 Å².